The minimum absolute atomic E-state index is 0.224. The van der Waals surface area contributed by atoms with E-state index in [4.69, 9.17) is 9.47 Å². The third-order valence-electron chi connectivity index (χ3n) is 4.06. The molecule has 7 heteroatoms. The third kappa shape index (κ3) is 3.04. The summed E-state index contributed by atoms with van der Waals surface area (Å²) in [6, 6.07) is 13.3. The zero-order valence-electron chi connectivity index (χ0n) is 14.2. The second-order valence-electron chi connectivity index (χ2n) is 5.60. The third-order valence-corrected chi connectivity index (χ3v) is 6.32. The van der Waals surface area contributed by atoms with Crippen LogP contribution in [0.1, 0.15) is 15.2 Å². The summed E-state index contributed by atoms with van der Waals surface area (Å²) < 4.78 is 10.5. The first-order valence-corrected chi connectivity index (χ1v) is 9.75. The van der Waals surface area contributed by atoms with Crippen LogP contribution in [0.25, 0.3) is 11.3 Å². The Kier molecular flexibility index (Phi) is 4.57. The molecule has 5 nitrogen and oxygen atoms in total. The Labute approximate surface area is 159 Å². The lowest BCUT2D eigenvalue weighted by atomic mass is 10.1. The molecule has 0 saturated heterocycles. The van der Waals surface area contributed by atoms with E-state index in [2.05, 4.69) is 22.4 Å². The Bertz CT molecular complexity index is 985. The van der Waals surface area contributed by atoms with Gasteiger partial charge < -0.3 is 9.47 Å². The van der Waals surface area contributed by atoms with Crippen molar-refractivity contribution in [3.05, 3.63) is 52.9 Å². The van der Waals surface area contributed by atoms with Gasteiger partial charge in [-0.15, -0.1) is 23.1 Å². The predicted molar refractivity (Wildman–Crippen MR) is 105 cm³/mol. The molecule has 0 fully saturated rings. The van der Waals surface area contributed by atoms with Crippen LogP contribution in [0.4, 0.5) is 5.13 Å². The van der Waals surface area contributed by atoms with Gasteiger partial charge in [0.2, 0.25) is 0 Å². The van der Waals surface area contributed by atoms with Crippen LogP contribution in [-0.4, -0.2) is 25.1 Å². The Balaban J connectivity index is 1.59. The van der Waals surface area contributed by atoms with Crippen molar-refractivity contribution in [2.24, 2.45) is 0 Å². The molecule has 0 saturated carbocycles. The van der Waals surface area contributed by atoms with Gasteiger partial charge in [-0.3, -0.25) is 10.1 Å². The van der Waals surface area contributed by atoms with Crippen LogP contribution in [0.5, 0.6) is 11.5 Å². The number of carbonyl (C=O) groups is 1. The van der Waals surface area contributed by atoms with Gasteiger partial charge >= 0.3 is 0 Å². The number of amides is 1. The van der Waals surface area contributed by atoms with E-state index < -0.39 is 0 Å². The van der Waals surface area contributed by atoms with Gasteiger partial charge in [0.15, 0.2) is 16.6 Å². The standard InChI is InChI=1S/C19H16N2O3S2/c1-23-13-8-7-11(9-14(13)24-2)18(22)21-19-20-17-12-5-3-4-6-15(12)25-10-16(17)26-19/h3-9H,10H2,1-2H3,(H,20,21,22). The minimum Gasteiger partial charge on any atom is -0.493 e. The van der Waals surface area contributed by atoms with Gasteiger partial charge in [0.05, 0.1) is 19.9 Å². The molecule has 2 heterocycles. The Morgan fingerprint density at radius 3 is 2.73 bits per heavy atom. The van der Waals surface area contributed by atoms with Gasteiger partial charge in [-0.2, -0.15) is 0 Å². The van der Waals surface area contributed by atoms with Crippen molar-refractivity contribution >= 4 is 34.1 Å². The first-order chi connectivity index (χ1) is 12.7. The van der Waals surface area contributed by atoms with E-state index in [-0.39, 0.29) is 5.91 Å². The van der Waals surface area contributed by atoms with Crippen LogP contribution in [0, 0.1) is 0 Å². The molecule has 0 aliphatic carbocycles. The fraction of sp³-hybridized carbons (Fsp3) is 0.158. The van der Waals surface area contributed by atoms with Crippen molar-refractivity contribution in [3.63, 3.8) is 0 Å². The van der Waals surface area contributed by atoms with E-state index in [0.717, 1.165) is 17.0 Å². The fourth-order valence-electron chi connectivity index (χ4n) is 2.79. The molecule has 1 aliphatic heterocycles. The first kappa shape index (κ1) is 16.9. The fourth-order valence-corrected chi connectivity index (χ4v) is 4.89. The molecular weight excluding hydrogens is 368 g/mol. The normalized spacial score (nSPS) is 12.1. The minimum atomic E-state index is -0.224. The molecule has 3 aromatic rings. The molecule has 0 unspecified atom stereocenters. The SMILES string of the molecule is COc1ccc(C(=O)Nc2nc3c(s2)CSc2ccccc2-3)cc1OC. The van der Waals surface area contributed by atoms with Crippen molar-refractivity contribution < 1.29 is 14.3 Å². The molecule has 132 valence electrons. The molecule has 4 rings (SSSR count). The second kappa shape index (κ2) is 7.01. The van der Waals surface area contributed by atoms with E-state index in [1.807, 2.05) is 12.1 Å². The highest BCUT2D eigenvalue weighted by Crippen LogP contribution is 2.44. The summed E-state index contributed by atoms with van der Waals surface area (Å²) in [5, 5.41) is 3.50. The van der Waals surface area contributed by atoms with Gasteiger partial charge in [-0.25, -0.2) is 4.98 Å². The van der Waals surface area contributed by atoms with Crippen LogP contribution in [0.2, 0.25) is 0 Å². The number of fused-ring (bicyclic) bond motifs is 3. The van der Waals surface area contributed by atoms with E-state index >= 15 is 0 Å². The topological polar surface area (TPSA) is 60.5 Å². The Morgan fingerprint density at radius 1 is 1.12 bits per heavy atom. The van der Waals surface area contributed by atoms with Gasteiger partial charge in [-0.1, -0.05) is 18.2 Å². The van der Waals surface area contributed by atoms with Crippen LogP contribution in [0.15, 0.2) is 47.4 Å². The van der Waals surface area contributed by atoms with Crippen molar-refractivity contribution in [1.29, 1.82) is 0 Å². The highest BCUT2D eigenvalue weighted by Gasteiger charge is 2.22. The van der Waals surface area contributed by atoms with E-state index in [9.17, 15) is 4.79 Å². The number of nitrogens with one attached hydrogen (secondary N) is 1. The number of thiazole rings is 1. The Hall–Kier alpha value is -2.51. The molecule has 2 aromatic carbocycles. The summed E-state index contributed by atoms with van der Waals surface area (Å²) >= 11 is 3.32. The molecule has 0 radical (unpaired) electrons. The monoisotopic (exact) mass is 384 g/mol. The quantitative estimate of drug-likeness (QED) is 0.707. The maximum absolute atomic E-state index is 12.6. The van der Waals surface area contributed by atoms with Crippen LogP contribution < -0.4 is 14.8 Å². The van der Waals surface area contributed by atoms with Gasteiger partial charge in [0, 0.05) is 26.7 Å². The zero-order chi connectivity index (χ0) is 18.1. The van der Waals surface area contributed by atoms with E-state index in [1.54, 1.807) is 44.2 Å². The maximum atomic E-state index is 12.6. The largest absolute Gasteiger partial charge is 0.493 e. The van der Waals surface area contributed by atoms with Crippen molar-refractivity contribution in [1.82, 2.24) is 4.98 Å². The average molecular weight is 384 g/mol. The highest BCUT2D eigenvalue weighted by atomic mass is 32.2. The molecule has 0 spiro atoms. The molecule has 1 N–H and O–H groups in total. The number of aromatic nitrogens is 1. The number of hydrogen-bond donors (Lipinski definition) is 1. The number of thioether (sulfide) groups is 1. The average Bonchev–Trinajstić information content (AvgIpc) is 3.10. The number of hydrogen-bond acceptors (Lipinski definition) is 6. The molecule has 1 aliphatic rings. The van der Waals surface area contributed by atoms with Gasteiger partial charge in [0.25, 0.3) is 5.91 Å². The van der Waals surface area contributed by atoms with Crippen molar-refractivity contribution in [3.8, 4) is 22.8 Å². The summed E-state index contributed by atoms with van der Waals surface area (Å²) in [7, 11) is 3.11. The highest BCUT2D eigenvalue weighted by molar-refractivity contribution is 7.98. The molecular formula is C19H16N2O3S2. The molecule has 1 aromatic heterocycles. The number of methoxy groups -OCH3 is 2. The number of ether oxygens (including phenoxy) is 2. The predicted octanol–water partition coefficient (Wildman–Crippen LogP) is 4.69. The number of benzene rings is 2. The van der Waals surface area contributed by atoms with E-state index in [0.29, 0.717) is 22.2 Å². The summed E-state index contributed by atoms with van der Waals surface area (Å²) in [4.78, 5) is 19.6. The van der Waals surface area contributed by atoms with Crippen LogP contribution in [0.3, 0.4) is 0 Å². The smallest absolute Gasteiger partial charge is 0.257 e. The van der Waals surface area contributed by atoms with Crippen molar-refractivity contribution in [2.75, 3.05) is 19.5 Å². The first-order valence-electron chi connectivity index (χ1n) is 7.95. The summed E-state index contributed by atoms with van der Waals surface area (Å²) in [5.74, 6) is 1.75. The number of carbonyl (C=O) groups excluding carboxylic acids is 1. The van der Waals surface area contributed by atoms with Crippen LogP contribution in [-0.2, 0) is 5.75 Å². The lowest BCUT2D eigenvalue weighted by Crippen LogP contribution is -2.12. The summed E-state index contributed by atoms with van der Waals surface area (Å²) in [6.07, 6.45) is 0. The van der Waals surface area contributed by atoms with E-state index in [1.165, 1.54) is 21.1 Å². The summed E-state index contributed by atoms with van der Waals surface area (Å²) in [5.41, 5.74) is 2.58. The van der Waals surface area contributed by atoms with Gasteiger partial charge in [-0.05, 0) is 24.3 Å². The Morgan fingerprint density at radius 2 is 1.92 bits per heavy atom. The lowest BCUT2D eigenvalue weighted by Gasteiger charge is -2.13. The molecule has 26 heavy (non-hydrogen) atoms. The zero-order valence-corrected chi connectivity index (χ0v) is 15.9. The lowest BCUT2D eigenvalue weighted by molar-refractivity contribution is 0.102. The van der Waals surface area contributed by atoms with Crippen molar-refractivity contribution in [2.45, 2.75) is 10.6 Å². The number of anilines is 1. The van der Waals surface area contributed by atoms with Crippen LogP contribution >= 0.6 is 23.1 Å². The van der Waals surface area contributed by atoms with Gasteiger partial charge in [0.1, 0.15) is 0 Å². The second-order valence-corrected chi connectivity index (χ2v) is 7.70. The summed E-state index contributed by atoms with van der Waals surface area (Å²) in [6.45, 7) is 0. The molecule has 1 amide bonds. The molecule has 0 bridgehead atoms. The number of rotatable bonds is 4. The maximum Gasteiger partial charge on any atom is 0.257 e. The molecule has 0 atom stereocenters. The number of nitrogens with zero attached hydrogens (tertiary/aromatic N) is 1.